The minimum Gasteiger partial charge on any atom is -0.350 e. The molecule has 2 rings (SSSR count). The number of carbonyl (C=O) groups is 1. The average molecular weight is 209 g/mol. The Bertz CT molecular complexity index is 275. The van der Waals surface area contributed by atoms with Gasteiger partial charge in [-0.25, -0.2) is 10.2 Å². The van der Waals surface area contributed by atoms with Crippen molar-refractivity contribution in [2.75, 3.05) is 0 Å². The zero-order valence-electron chi connectivity index (χ0n) is 9.04. The first-order valence-electron chi connectivity index (χ1n) is 5.89. The molecule has 4 nitrogen and oxygen atoms in total. The third kappa shape index (κ3) is 2.49. The van der Waals surface area contributed by atoms with Gasteiger partial charge >= 0.3 is 6.03 Å². The Balaban J connectivity index is 2.01. The van der Waals surface area contributed by atoms with Crippen molar-refractivity contribution in [1.82, 2.24) is 5.43 Å². The molecule has 0 aliphatic heterocycles. The largest absolute Gasteiger partial charge is 0.350 e. The first-order chi connectivity index (χ1) is 7.27. The Labute approximate surface area is 90.3 Å². The molecule has 2 atom stereocenters. The van der Waals surface area contributed by atoms with Gasteiger partial charge in [0.15, 0.2) is 0 Å². The van der Waals surface area contributed by atoms with Crippen molar-refractivity contribution in [3.8, 4) is 0 Å². The Morgan fingerprint density at radius 2 is 2.07 bits per heavy atom. The van der Waals surface area contributed by atoms with Crippen molar-refractivity contribution in [3.05, 3.63) is 0 Å². The van der Waals surface area contributed by atoms with E-state index >= 15 is 0 Å². The quantitative estimate of drug-likeness (QED) is 0.637. The molecule has 2 aliphatic rings. The van der Waals surface area contributed by atoms with E-state index in [0.29, 0.717) is 5.92 Å². The van der Waals surface area contributed by atoms with E-state index in [1.54, 1.807) is 0 Å². The average Bonchev–Trinajstić information content (AvgIpc) is 2.44. The molecule has 0 bridgehead atoms. The molecule has 0 aromatic heterocycles. The summed E-state index contributed by atoms with van der Waals surface area (Å²) in [6, 6.07) is -0.556. The van der Waals surface area contributed by atoms with E-state index in [2.05, 4.69) is 10.5 Å². The van der Waals surface area contributed by atoms with E-state index in [1.807, 2.05) is 0 Å². The van der Waals surface area contributed by atoms with Gasteiger partial charge in [0.2, 0.25) is 0 Å². The standard InChI is InChI=1S/C11H19N3O/c12-11(15)14-13-10-7-6-8-4-2-1-3-5-9(8)10/h8-9H,1-7H2,(H3,12,14,15). The van der Waals surface area contributed by atoms with Crippen LogP contribution in [0.25, 0.3) is 0 Å². The number of hydrogen-bond acceptors (Lipinski definition) is 2. The van der Waals surface area contributed by atoms with Crippen molar-refractivity contribution >= 4 is 11.7 Å². The highest BCUT2D eigenvalue weighted by molar-refractivity contribution is 5.89. The molecule has 4 heteroatoms. The lowest BCUT2D eigenvalue weighted by Gasteiger charge is -2.15. The molecular formula is C11H19N3O. The van der Waals surface area contributed by atoms with E-state index in [0.717, 1.165) is 12.3 Å². The molecule has 15 heavy (non-hydrogen) atoms. The van der Waals surface area contributed by atoms with Gasteiger partial charge in [0.1, 0.15) is 0 Å². The van der Waals surface area contributed by atoms with E-state index in [1.165, 1.54) is 44.2 Å². The summed E-state index contributed by atoms with van der Waals surface area (Å²) in [4.78, 5) is 10.6. The number of nitrogens with zero attached hydrogens (tertiary/aromatic N) is 1. The summed E-state index contributed by atoms with van der Waals surface area (Å²) < 4.78 is 0. The molecule has 0 saturated heterocycles. The molecule has 2 fully saturated rings. The molecule has 2 unspecified atom stereocenters. The van der Waals surface area contributed by atoms with Crippen LogP contribution in [0.1, 0.15) is 44.9 Å². The molecule has 2 aliphatic carbocycles. The fraction of sp³-hybridized carbons (Fsp3) is 0.818. The highest BCUT2D eigenvalue weighted by atomic mass is 16.2. The van der Waals surface area contributed by atoms with Crippen LogP contribution in [-0.4, -0.2) is 11.7 Å². The van der Waals surface area contributed by atoms with Crippen LogP contribution in [0.4, 0.5) is 4.79 Å². The maximum atomic E-state index is 10.6. The highest BCUT2D eigenvalue weighted by Gasteiger charge is 2.33. The van der Waals surface area contributed by atoms with Crippen molar-refractivity contribution in [1.29, 1.82) is 0 Å². The van der Waals surface area contributed by atoms with Crippen LogP contribution >= 0.6 is 0 Å². The first kappa shape index (κ1) is 10.5. The van der Waals surface area contributed by atoms with Crippen LogP contribution in [0.2, 0.25) is 0 Å². The zero-order valence-corrected chi connectivity index (χ0v) is 9.04. The first-order valence-corrected chi connectivity index (χ1v) is 5.89. The van der Waals surface area contributed by atoms with Crippen molar-refractivity contribution in [2.24, 2.45) is 22.7 Å². The highest BCUT2D eigenvalue weighted by Crippen LogP contribution is 2.39. The summed E-state index contributed by atoms with van der Waals surface area (Å²) >= 11 is 0. The lowest BCUT2D eigenvalue weighted by molar-refractivity contribution is 0.249. The van der Waals surface area contributed by atoms with Gasteiger partial charge in [-0.2, -0.15) is 5.10 Å². The molecule has 0 aromatic rings. The second kappa shape index (κ2) is 4.64. The van der Waals surface area contributed by atoms with E-state index in [-0.39, 0.29) is 0 Å². The second-order valence-electron chi connectivity index (χ2n) is 4.62. The number of primary amides is 1. The van der Waals surface area contributed by atoms with Crippen LogP contribution in [0.3, 0.4) is 0 Å². The second-order valence-corrected chi connectivity index (χ2v) is 4.62. The number of hydrogen-bond donors (Lipinski definition) is 2. The summed E-state index contributed by atoms with van der Waals surface area (Å²) in [5.74, 6) is 1.42. The van der Waals surface area contributed by atoms with Crippen LogP contribution in [0.15, 0.2) is 5.10 Å². The van der Waals surface area contributed by atoms with Gasteiger partial charge in [0.05, 0.1) is 0 Å². The molecule has 0 aromatic carbocycles. The van der Waals surface area contributed by atoms with Crippen molar-refractivity contribution < 1.29 is 4.79 Å². The Morgan fingerprint density at radius 3 is 2.87 bits per heavy atom. The molecule has 84 valence electrons. The lowest BCUT2D eigenvalue weighted by atomic mass is 9.91. The molecule has 0 radical (unpaired) electrons. The van der Waals surface area contributed by atoms with Crippen LogP contribution in [-0.2, 0) is 0 Å². The molecule has 0 spiro atoms. The van der Waals surface area contributed by atoms with Gasteiger partial charge in [0.25, 0.3) is 0 Å². The predicted octanol–water partition coefficient (Wildman–Crippen LogP) is 2.00. The van der Waals surface area contributed by atoms with Crippen LogP contribution in [0, 0.1) is 11.8 Å². The Kier molecular flexibility index (Phi) is 3.23. The smallest absolute Gasteiger partial charge is 0.332 e. The SMILES string of the molecule is NC(=O)NN=C1CCC2CCCCCC12. The van der Waals surface area contributed by atoms with E-state index < -0.39 is 6.03 Å². The fourth-order valence-corrected chi connectivity index (χ4v) is 2.95. The molecule has 2 amide bonds. The molecule has 0 heterocycles. The summed E-state index contributed by atoms with van der Waals surface area (Å²) in [7, 11) is 0. The lowest BCUT2D eigenvalue weighted by Crippen LogP contribution is -2.27. The summed E-state index contributed by atoms with van der Waals surface area (Å²) in [6.45, 7) is 0. The number of urea groups is 1. The summed E-state index contributed by atoms with van der Waals surface area (Å²) in [6.07, 6.45) is 8.86. The molecule has 3 N–H and O–H groups in total. The fourth-order valence-electron chi connectivity index (χ4n) is 2.95. The van der Waals surface area contributed by atoms with Gasteiger partial charge in [-0.1, -0.05) is 19.3 Å². The Hall–Kier alpha value is -1.06. The van der Waals surface area contributed by atoms with Crippen LogP contribution < -0.4 is 11.2 Å². The van der Waals surface area contributed by atoms with Crippen LogP contribution in [0.5, 0.6) is 0 Å². The van der Waals surface area contributed by atoms with Gasteiger partial charge in [0, 0.05) is 11.6 Å². The summed E-state index contributed by atoms with van der Waals surface area (Å²) in [5.41, 5.74) is 8.55. The molecule has 2 saturated carbocycles. The third-order valence-corrected chi connectivity index (χ3v) is 3.67. The number of carbonyl (C=O) groups excluding carboxylic acids is 1. The number of nitrogens with one attached hydrogen (secondary N) is 1. The van der Waals surface area contributed by atoms with Gasteiger partial charge in [-0.05, 0) is 31.6 Å². The minimum atomic E-state index is -0.556. The van der Waals surface area contributed by atoms with E-state index in [4.69, 9.17) is 5.73 Å². The third-order valence-electron chi connectivity index (χ3n) is 3.67. The van der Waals surface area contributed by atoms with E-state index in [9.17, 15) is 4.79 Å². The number of fused-ring (bicyclic) bond motifs is 1. The number of amides is 2. The van der Waals surface area contributed by atoms with Crippen molar-refractivity contribution in [3.63, 3.8) is 0 Å². The van der Waals surface area contributed by atoms with Crippen molar-refractivity contribution in [2.45, 2.75) is 44.9 Å². The Morgan fingerprint density at radius 1 is 1.27 bits per heavy atom. The zero-order chi connectivity index (χ0) is 10.7. The number of hydrazone groups is 1. The maximum Gasteiger partial charge on any atom is 0.332 e. The molecular weight excluding hydrogens is 190 g/mol. The number of rotatable bonds is 1. The monoisotopic (exact) mass is 209 g/mol. The van der Waals surface area contributed by atoms with Gasteiger partial charge in [-0.15, -0.1) is 0 Å². The van der Waals surface area contributed by atoms with Gasteiger partial charge in [-0.3, -0.25) is 0 Å². The van der Waals surface area contributed by atoms with Gasteiger partial charge < -0.3 is 5.73 Å². The number of nitrogens with two attached hydrogens (primary N) is 1. The minimum absolute atomic E-state index is 0.556. The summed E-state index contributed by atoms with van der Waals surface area (Å²) in [5, 5.41) is 4.14. The maximum absolute atomic E-state index is 10.6. The predicted molar refractivity (Wildman–Crippen MR) is 59.5 cm³/mol. The topological polar surface area (TPSA) is 67.5 Å². The normalized spacial score (nSPS) is 33.5.